The molecule has 0 bridgehead atoms. The summed E-state index contributed by atoms with van der Waals surface area (Å²) in [5, 5.41) is 0.323. The fraction of sp³-hybridized carbons (Fsp3) is 0.533. The zero-order valence-electron chi connectivity index (χ0n) is 13.0. The normalized spacial score (nSPS) is 23.0. The number of piperazine rings is 1. The topological polar surface area (TPSA) is 32.8 Å². The molecule has 1 fully saturated rings. The summed E-state index contributed by atoms with van der Waals surface area (Å²) in [5.41, 5.74) is 0.165. The lowest BCUT2D eigenvalue weighted by Crippen LogP contribution is -2.62. The van der Waals surface area contributed by atoms with Crippen LogP contribution < -0.4 is 4.74 Å². The first-order valence-corrected chi connectivity index (χ1v) is 7.44. The molecule has 1 heterocycles. The number of methoxy groups -OCH3 is 1. The zero-order chi connectivity index (χ0) is 17.4. The van der Waals surface area contributed by atoms with Crippen LogP contribution in [0, 0.1) is 0 Å². The highest BCUT2D eigenvalue weighted by atomic mass is 35.5. The van der Waals surface area contributed by atoms with E-state index in [4.69, 9.17) is 16.3 Å². The van der Waals surface area contributed by atoms with Gasteiger partial charge in [0.15, 0.2) is 0 Å². The third-order valence-corrected chi connectivity index (χ3v) is 4.36. The smallest absolute Gasteiger partial charge is 0.405 e. The summed E-state index contributed by atoms with van der Waals surface area (Å²) in [4.78, 5) is 15.1. The minimum Gasteiger partial charge on any atom is -0.496 e. The number of carbonyl (C=O) groups is 1. The van der Waals surface area contributed by atoms with Gasteiger partial charge in [-0.3, -0.25) is 9.69 Å². The Kier molecular flexibility index (Phi) is 5.10. The monoisotopic (exact) mass is 350 g/mol. The van der Waals surface area contributed by atoms with Gasteiger partial charge < -0.3 is 9.64 Å². The first-order chi connectivity index (χ1) is 10.6. The van der Waals surface area contributed by atoms with Crippen LogP contribution in [0.15, 0.2) is 18.2 Å². The van der Waals surface area contributed by atoms with Gasteiger partial charge in [0.05, 0.1) is 12.7 Å². The molecule has 1 aromatic carbocycles. The van der Waals surface area contributed by atoms with Crippen LogP contribution in [0.2, 0.25) is 5.02 Å². The van der Waals surface area contributed by atoms with Crippen molar-refractivity contribution in [3.8, 4) is 5.75 Å². The number of benzene rings is 1. The van der Waals surface area contributed by atoms with Gasteiger partial charge in [-0.25, -0.2) is 0 Å². The Morgan fingerprint density at radius 2 is 2.00 bits per heavy atom. The van der Waals surface area contributed by atoms with Gasteiger partial charge in [-0.2, -0.15) is 13.2 Å². The maximum absolute atomic E-state index is 13.2. The van der Waals surface area contributed by atoms with Crippen molar-refractivity contribution in [1.29, 1.82) is 0 Å². The van der Waals surface area contributed by atoms with Crippen LogP contribution >= 0.6 is 11.6 Å². The number of alkyl halides is 3. The number of rotatable bonds is 2. The first-order valence-electron chi connectivity index (χ1n) is 7.06. The number of hydrogen-bond acceptors (Lipinski definition) is 3. The Balaban J connectivity index is 2.31. The van der Waals surface area contributed by atoms with Crippen molar-refractivity contribution in [2.24, 2.45) is 0 Å². The second kappa shape index (κ2) is 6.57. The number of halogens is 4. The number of likely N-dealkylation sites (N-methyl/N-ethyl adjacent to an activating group) is 1. The molecule has 1 aromatic rings. The largest absolute Gasteiger partial charge is 0.496 e. The second-order valence-corrected chi connectivity index (χ2v) is 6.06. The van der Waals surface area contributed by atoms with Crippen molar-refractivity contribution in [2.45, 2.75) is 25.2 Å². The van der Waals surface area contributed by atoms with Crippen LogP contribution in [0.25, 0.3) is 0 Å². The standard InChI is InChI=1S/C15H18ClF3N2O2/c1-9-7-21(8-13(20(9)2)15(17,18)19)14(22)11-6-10(16)4-5-12(11)23-3/h4-6,9,13H,7-8H2,1-3H3. The average molecular weight is 351 g/mol. The SMILES string of the molecule is COc1ccc(Cl)cc1C(=O)N1CC(C)N(C)C(C(F)(F)F)C1. The summed E-state index contributed by atoms with van der Waals surface area (Å²) in [6.07, 6.45) is -4.40. The molecule has 1 aliphatic rings. The number of hydrogen-bond donors (Lipinski definition) is 0. The third-order valence-electron chi connectivity index (χ3n) is 4.12. The molecule has 4 nitrogen and oxygen atoms in total. The van der Waals surface area contributed by atoms with E-state index >= 15 is 0 Å². The maximum atomic E-state index is 13.2. The Morgan fingerprint density at radius 1 is 1.35 bits per heavy atom. The van der Waals surface area contributed by atoms with E-state index in [0.717, 1.165) is 0 Å². The van der Waals surface area contributed by atoms with Crippen molar-refractivity contribution < 1.29 is 22.7 Å². The van der Waals surface area contributed by atoms with Crippen molar-refractivity contribution in [2.75, 3.05) is 27.2 Å². The molecular formula is C15H18ClF3N2O2. The molecule has 0 aliphatic carbocycles. The van der Waals surface area contributed by atoms with Gasteiger partial charge in [0.25, 0.3) is 5.91 Å². The van der Waals surface area contributed by atoms with Gasteiger partial charge in [-0.15, -0.1) is 0 Å². The van der Waals surface area contributed by atoms with E-state index in [-0.39, 0.29) is 17.9 Å². The molecule has 0 N–H and O–H groups in total. The van der Waals surface area contributed by atoms with Gasteiger partial charge in [0, 0.05) is 24.2 Å². The summed E-state index contributed by atoms with van der Waals surface area (Å²) in [6.45, 7) is 1.45. The lowest BCUT2D eigenvalue weighted by Gasteiger charge is -2.44. The molecule has 23 heavy (non-hydrogen) atoms. The van der Waals surface area contributed by atoms with E-state index in [2.05, 4.69) is 0 Å². The van der Waals surface area contributed by atoms with Crippen LogP contribution in [0.3, 0.4) is 0 Å². The van der Waals surface area contributed by atoms with E-state index in [0.29, 0.717) is 5.02 Å². The predicted molar refractivity (Wildman–Crippen MR) is 81.0 cm³/mol. The lowest BCUT2D eigenvalue weighted by molar-refractivity contribution is -0.197. The van der Waals surface area contributed by atoms with Gasteiger partial charge in [0.2, 0.25) is 0 Å². The van der Waals surface area contributed by atoms with Gasteiger partial charge in [0.1, 0.15) is 11.8 Å². The summed E-state index contributed by atoms with van der Waals surface area (Å²) in [5.74, 6) is -0.229. The molecule has 1 saturated heterocycles. The van der Waals surface area contributed by atoms with E-state index in [1.165, 1.54) is 36.1 Å². The predicted octanol–water partition coefficient (Wildman–Crippen LogP) is 3.06. The number of amides is 1. The van der Waals surface area contributed by atoms with Crippen LogP contribution in [0.1, 0.15) is 17.3 Å². The minimum atomic E-state index is -4.40. The Hall–Kier alpha value is -1.47. The number of carbonyl (C=O) groups excluding carboxylic acids is 1. The van der Waals surface area contributed by atoms with Gasteiger partial charge >= 0.3 is 6.18 Å². The fourth-order valence-corrected chi connectivity index (χ4v) is 2.86. The first kappa shape index (κ1) is 17.9. The molecule has 1 amide bonds. The molecule has 0 radical (unpaired) electrons. The molecule has 128 valence electrons. The quantitative estimate of drug-likeness (QED) is 0.822. The van der Waals surface area contributed by atoms with Crippen LogP contribution in [-0.2, 0) is 0 Å². The molecule has 0 saturated carbocycles. The van der Waals surface area contributed by atoms with Crippen molar-refractivity contribution in [3.05, 3.63) is 28.8 Å². The molecule has 0 aromatic heterocycles. The van der Waals surface area contributed by atoms with E-state index in [1.807, 2.05) is 0 Å². The fourth-order valence-electron chi connectivity index (χ4n) is 2.68. The zero-order valence-corrected chi connectivity index (χ0v) is 13.8. The van der Waals surface area contributed by atoms with E-state index in [9.17, 15) is 18.0 Å². The van der Waals surface area contributed by atoms with Gasteiger partial charge in [-0.1, -0.05) is 11.6 Å². The summed E-state index contributed by atoms with van der Waals surface area (Å²) in [6, 6.07) is 2.39. The molecule has 1 aliphatic heterocycles. The van der Waals surface area contributed by atoms with E-state index in [1.54, 1.807) is 13.0 Å². The molecular weight excluding hydrogens is 333 g/mol. The number of nitrogens with zero attached hydrogens (tertiary/aromatic N) is 2. The summed E-state index contributed by atoms with van der Waals surface area (Å²) >= 11 is 5.90. The lowest BCUT2D eigenvalue weighted by atomic mass is 10.1. The molecule has 2 rings (SSSR count). The van der Waals surface area contributed by atoms with Crippen molar-refractivity contribution >= 4 is 17.5 Å². The van der Waals surface area contributed by atoms with Crippen LogP contribution in [-0.4, -0.2) is 61.2 Å². The average Bonchev–Trinajstić information content (AvgIpc) is 2.47. The van der Waals surface area contributed by atoms with E-state index < -0.39 is 30.7 Å². The Morgan fingerprint density at radius 3 is 2.57 bits per heavy atom. The maximum Gasteiger partial charge on any atom is 0.405 e. The van der Waals surface area contributed by atoms with Crippen molar-refractivity contribution in [1.82, 2.24) is 9.80 Å². The molecule has 0 spiro atoms. The van der Waals surface area contributed by atoms with Gasteiger partial charge in [-0.05, 0) is 32.2 Å². The Labute approximate surface area is 137 Å². The number of ether oxygens (including phenoxy) is 1. The minimum absolute atomic E-state index is 0.165. The summed E-state index contributed by atoms with van der Waals surface area (Å²) in [7, 11) is 2.82. The van der Waals surface area contributed by atoms with Crippen LogP contribution in [0.5, 0.6) is 5.75 Å². The highest BCUT2D eigenvalue weighted by Crippen LogP contribution is 2.31. The molecule has 2 atom stereocenters. The third kappa shape index (κ3) is 3.72. The summed E-state index contributed by atoms with van der Waals surface area (Å²) < 4.78 is 44.7. The Bertz CT molecular complexity index is 595. The highest BCUT2D eigenvalue weighted by Gasteiger charge is 2.48. The molecule has 2 unspecified atom stereocenters. The van der Waals surface area contributed by atoms with Crippen LogP contribution in [0.4, 0.5) is 13.2 Å². The molecule has 8 heteroatoms. The highest BCUT2D eigenvalue weighted by molar-refractivity contribution is 6.31. The second-order valence-electron chi connectivity index (χ2n) is 5.63. The van der Waals surface area contributed by atoms with Crippen molar-refractivity contribution in [3.63, 3.8) is 0 Å².